The summed E-state index contributed by atoms with van der Waals surface area (Å²) in [5, 5.41) is 23.8. The van der Waals surface area contributed by atoms with Gasteiger partial charge < -0.3 is 20.4 Å². The fourth-order valence-electron chi connectivity index (χ4n) is 4.83. The topological polar surface area (TPSA) is 98.6 Å². The van der Waals surface area contributed by atoms with Crippen LogP contribution in [0.3, 0.4) is 0 Å². The van der Waals surface area contributed by atoms with E-state index >= 15 is 0 Å². The number of pyridine rings is 2. The third kappa shape index (κ3) is 4.55. The molecule has 0 aliphatic carbocycles. The molecule has 1 amide bonds. The average Bonchev–Trinajstić information content (AvgIpc) is 3.34. The zero-order valence-electron chi connectivity index (χ0n) is 19.8. The summed E-state index contributed by atoms with van der Waals surface area (Å²) in [6, 6.07) is 18.6. The van der Waals surface area contributed by atoms with Gasteiger partial charge in [0.15, 0.2) is 0 Å². The van der Waals surface area contributed by atoms with Crippen molar-refractivity contribution < 1.29 is 15.0 Å². The molecular weight excluding hydrogens is 440 g/mol. The number of hydrogen-bond donors (Lipinski definition) is 3. The van der Waals surface area contributed by atoms with Crippen molar-refractivity contribution in [1.82, 2.24) is 9.97 Å². The molecule has 0 spiro atoms. The van der Waals surface area contributed by atoms with Crippen LogP contribution in [0.2, 0.25) is 0 Å². The van der Waals surface area contributed by atoms with Gasteiger partial charge in [-0.25, -0.2) is 4.98 Å². The monoisotopic (exact) mass is 468 g/mol. The number of carbonyl (C=O) groups excluding carboxylic acids is 1. The summed E-state index contributed by atoms with van der Waals surface area (Å²) in [5.74, 6) is -0.280. The molecule has 1 saturated heterocycles. The van der Waals surface area contributed by atoms with Gasteiger partial charge in [0.1, 0.15) is 0 Å². The normalized spacial score (nSPS) is 16.4. The molecule has 1 aliphatic rings. The number of aliphatic hydroxyl groups excluding tert-OH is 1. The molecule has 7 heteroatoms. The molecule has 0 radical (unpaired) electrons. The predicted octanol–water partition coefficient (Wildman–Crippen LogP) is 5.29. The highest BCUT2D eigenvalue weighted by molar-refractivity contribution is 6.09. The fraction of sp³-hybridized carbons (Fsp3) is 0.250. The lowest BCUT2D eigenvalue weighted by Gasteiger charge is -2.29. The number of aryl methyl sites for hydroxylation is 1. The van der Waals surface area contributed by atoms with E-state index in [0.717, 1.165) is 41.7 Å². The Labute approximate surface area is 204 Å². The van der Waals surface area contributed by atoms with E-state index < -0.39 is 6.10 Å². The summed E-state index contributed by atoms with van der Waals surface area (Å²) in [6.07, 6.45) is 3.07. The smallest absolute Gasteiger partial charge is 0.257 e. The van der Waals surface area contributed by atoms with Crippen LogP contribution in [0.4, 0.5) is 11.4 Å². The van der Waals surface area contributed by atoms with E-state index in [1.807, 2.05) is 43.3 Å². The van der Waals surface area contributed by atoms with Crippen molar-refractivity contribution in [3.05, 3.63) is 89.2 Å². The number of aromatic nitrogens is 2. The van der Waals surface area contributed by atoms with E-state index in [0.29, 0.717) is 22.3 Å². The number of aromatic hydroxyl groups is 1. The molecule has 35 heavy (non-hydrogen) atoms. The van der Waals surface area contributed by atoms with Crippen molar-refractivity contribution in [2.45, 2.75) is 38.8 Å². The summed E-state index contributed by atoms with van der Waals surface area (Å²) in [4.78, 5) is 24.5. The Morgan fingerprint density at radius 3 is 2.77 bits per heavy atom. The summed E-state index contributed by atoms with van der Waals surface area (Å²) >= 11 is 0. The molecule has 5 rings (SSSR count). The van der Waals surface area contributed by atoms with Crippen LogP contribution in [0, 0.1) is 6.92 Å². The van der Waals surface area contributed by atoms with Gasteiger partial charge in [0, 0.05) is 29.9 Å². The molecular formula is C28H28N4O3. The van der Waals surface area contributed by atoms with Gasteiger partial charge in [-0.3, -0.25) is 9.78 Å². The summed E-state index contributed by atoms with van der Waals surface area (Å²) < 4.78 is 0. The molecule has 1 fully saturated rings. The Morgan fingerprint density at radius 2 is 2.00 bits per heavy atom. The number of anilines is 2. The van der Waals surface area contributed by atoms with Gasteiger partial charge in [-0.2, -0.15) is 0 Å². The molecule has 1 aliphatic heterocycles. The Morgan fingerprint density at radius 1 is 1.14 bits per heavy atom. The van der Waals surface area contributed by atoms with E-state index in [4.69, 9.17) is 0 Å². The van der Waals surface area contributed by atoms with Gasteiger partial charge in [-0.1, -0.05) is 12.1 Å². The van der Waals surface area contributed by atoms with Crippen LogP contribution in [0.1, 0.15) is 59.1 Å². The number of carbonyl (C=O) groups is 1. The quantitative estimate of drug-likeness (QED) is 0.368. The third-order valence-electron chi connectivity index (χ3n) is 6.60. The van der Waals surface area contributed by atoms with Crippen LogP contribution >= 0.6 is 0 Å². The molecule has 4 aromatic rings. The summed E-state index contributed by atoms with van der Waals surface area (Å²) in [5.41, 5.74) is 5.16. The predicted molar refractivity (Wildman–Crippen MR) is 137 cm³/mol. The first-order valence-corrected chi connectivity index (χ1v) is 11.8. The SMILES string of the molecule is Cc1cc(O)nc2ccc(NC(=O)c3cc(C(C)O)ccc3N3CCCC3c3ccccn3)cc12. The standard InChI is InChI=1S/C28H28N4O3/c1-17-14-27(34)31-23-10-9-20(16-21(17)23)30-28(35)22-15-19(18(2)33)8-11-25(22)32-13-5-7-26(32)24-6-3-4-12-29-24/h3-4,6,8-12,14-16,18,26,33H,5,7,13H2,1-2H3,(H,30,35)(H,31,34). The lowest BCUT2D eigenvalue weighted by molar-refractivity contribution is 0.102. The van der Waals surface area contributed by atoms with Gasteiger partial charge in [-0.15, -0.1) is 0 Å². The maximum absolute atomic E-state index is 13.6. The highest BCUT2D eigenvalue weighted by Crippen LogP contribution is 2.38. The summed E-state index contributed by atoms with van der Waals surface area (Å²) in [7, 11) is 0. The van der Waals surface area contributed by atoms with Crippen LogP contribution < -0.4 is 10.2 Å². The first kappa shape index (κ1) is 22.8. The van der Waals surface area contributed by atoms with Crippen LogP contribution in [-0.4, -0.2) is 32.6 Å². The highest BCUT2D eigenvalue weighted by Gasteiger charge is 2.30. The second kappa shape index (κ2) is 9.35. The van der Waals surface area contributed by atoms with Crippen LogP contribution in [-0.2, 0) is 0 Å². The van der Waals surface area contributed by atoms with E-state index in [9.17, 15) is 15.0 Å². The van der Waals surface area contributed by atoms with Crippen molar-refractivity contribution in [2.75, 3.05) is 16.8 Å². The maximum Gasteiger partial charge on any atom is 0.257 e. The molecule has 2 aromatic carbocycles. The lowest BCUT2D eigenvalue weighted by Crippen LogP contribution is -2.26. The lowest BCUT2D eigenvalue weighted by atomic mass is 10.0. The molecule has 2 atom stereocenters. The van der Waals surface area contributed by atoms with Gasteiger partial charge in [0.25, 0.3) is 5.91 Å². The Hall–Kier alpha value is -3.97. The number of aliphatic hydroxyl groups is 1. The number of benzene rings is 2. The van der Waals surface area contributed by atoms with Gasteiger partial charge >= 0.3 is 0 Å². The van der Waals surface area contributed by atoms with Crippen molar-refractivity contribution in [3.8, 4) is 5.88 Å². The van der Waals surface area contributed by atoms with E-state index in [2.05, 4.69) is 20.2 Å². The molecule has 0 saturated carbocycles. The van der Waals surface area contributed by atoms with Gasteiger partial charge in [0.2, 0.25) is 5.88 Å². The van der Waals surface area contributed by atoms with Crippen molar-refractivity contribution in [1.29, 1.82) is 0 Å². The number of hydrogen-bond acceptors (Lipinski definition) is 6. The van der Waals surface area contributed by atoms with E-state index in [1.165, 1.54) is 0 Å². The highest BCUT2D eigenvalue weighted by atomic mass is 16.3. The second-order valence-corrected chi connectivity index (χ2v) is 9.04. The number of nitrogens with one attached hydrogen (secondary N) is 1. The number of nitrogens with zero attached hydrogens (tertiary/aromatic N) is 3. The Bertz CT molecular complexity index is 1390. The van der Waals surface area contributed by atoms with Crippen LogP contribution in [0.5, 0.6) is 5.88 Å². The molecule has 3 N–H and O–H groups in total. The second-order valence-electron chi connectivity index (χ2n) is 9.04. The first-order valence-electron chi connectivity index (χ1n) is 11.8. The van der Waals surface area contributed by atoms with Gasteiger partial charge in [0.05, 0.1) is 34.6 Å². The molecule has 7 nitrogen and oxygen atoms in total. The molecule has 178 valence electrons. The first-order chi connectivity index (χ1) is 16.9. The van der Waals surface area contributed by atoms with Crippen molar-refractivity contribution >= 4 is 28.2 Å². The Kier molecular flexibility index (Phi) is 6.09. The van der Waals surface area contributed by atoms with E-state index in [-0.39, 0.29) is 17.8 Å². The minimum absolute atomic E-state index is 0.0283. The van der Waals surface area contributed by atoms with Crippen LogP contribution in [0.15, 0.2) is 66.9 Å². The zero-order chi connectivity index (χ0) is 24.5. The minimum Gasteiger partial charge on any atom is -0.493 e. The molecule has 3 heterocycles. The zero-order valence-corrected chi connectivity index (χ0v) is 19.8. The van der Waals surface area contributed by atoms with Gasteiger partial charge in [-0.05, 0) is 80.3 Å². The van der Waals surface area contributed by atoms with Crippen LogP contribution in [0.25, 0.3) is 10.9 Å². The van der Waals surface area contributed by atoms with Crippen molar-refractivity contribution in [3.63, 3.8) is 0 Å². The molecule has 2 unspecified atom stereocenters. The third-order valence-corrected chi connectivity index (χ3v) is 6.60. The van der Waals surface area contributed by atoms with E-state index in [1.54, 1.807) is 37.4 Å². The number of amides is 1. The average molecular weight is 469 g/mol. The molecule has 2 aromatic heterocycles. The number of rotatable bonds is 5. The minimum atomic E-state index is -0.692. The largest absolute Gasteiger partial charge is 0.493 e. The summed E-state index contributed by atoms with van der Waals surface area (Å²) in [6.45, 7) is 4.41. The number of fused-ring (bicyclic) bond motifs is 1. The van der Waals surface area contributed by atoms with Crippen molar-refractivity contribution in [2.24, 2.45) is 0 Å². The maximum atomic E-state index is 13.6. The fourth-order valence-corrected chi connectivity index (χ4v) is 4.83. The molecule has 0 bridgehead atoms. The Balaban J connectivity index is 1.51.